The third-order valence-corrected chi connectivity index (χ3v) is 8.36. The van der Waals surface area contributed by atoms with Crippen LogP contribution in [0.2, 0.25) is 0 Å². The second-order valence-corrected chi connectivity index (χ2v) is 11.4. The molecule has 0 heterocycles. The molecule has 32 heavy (non-hydrogen) atoms. The SMILES string of the molecule is COCOC(C)(C)C/C=C/[C@@H](C)[C@H]1CC[C@H]2/C(=C/C=C3C[C@@H](O)C[C@H](O)C3)CCC[C@]12C. The van der Waals surface area contributed by atoms with E-state index in [1.807, 2.05) is 0 Å². The highest BCUT2D eigenvalue weighted by Crippen LogP contribution is 2.59. The maximum Gasteiger partial charge on any atom is 0.147 e. The lowest BCUT2D eigenvalue weighted by atomic mass is 9.61. The van der Waals surface area contributed by atoms with E-state index in [1.54, 1.807) is 12.7 Å². The molecule has 2 N–H and O–H groups in total. The molecule has 0 aromatic carbocycles. The van der Waals surface area contributed by atoms with Crippen molar-refractivity contribution in [2.75, 3.05) is 13.9 Å². The van der Waals surface area contributed by atoms with Crippen LogP contribution in [0.25, 0.3) is 0 Å². The molecule has 0 aliphatic heterocycles. The fourth-order valence-corrected chi connectivity index (χ4v) is 6.65. The molecule has 3 rings (SSSR count). The van der Waals surface area contributed by atoms with Gasteiger partial charge in [0.15, 0.2) is 0 Å². The van der Waals surface area contributed by atoms with Crippen LogP contribution in [-0.2, 0) is 9.47 Å². The molecule has 6 atom stereocenters. The third-order valence-electron chi connectivity index (χ3n) is 8.36. The van der Waals surface area contributed by atoms with Crippen LogP contribution in [0.15, 0.2) is 35.5 Å². The minimum Gasteiger partial charge on any atom is -0.393 e. The van der Waals surface area contributed by atoms with E-state index in [9.17, 15) is 10.2 Å². The average molecular weight is 447 g/mol. The second-order valence-electron chi connectivity index (χ2n) is 11.4. The predicted molar refractivity (Wildman–Crippen MR) is 130 cm³/mol. The summed E-state index contributed by atoms with van der Waals surface area (Å²) in [4.78, 5) is 0. The Morgan fingerprint density at radius 3 is 2.56 bits per heavy atom. The van der Waals surface area contributed by atoms with E-state index in [4.69, 9.17) is 9.47 Å². The average Bonchev–Trinajstić information content (AvgIpc) is 3.07. The molecule has 0 spiro atoms. The van der Waals surface area contributed by atoms with E-state index < -0.39 is 12.2 Å². The molecule has 0 aromatic heterocycles. The summed E-state index contributed by atoms with van der Waals surface area (Å²) in [7, 11) is 1.66. The van der Waals surface area contributed by atoms with Crippen molar-refractivity contribution in [3.8, 4) is 0 Å². The molecule has 0 saturated heterocycles. The lowest BCUT2D eigenvalue weighted by Gasteiger charge is -2.44. The molecule has 3 aliphatic rings. The van der Waals surface area contributed by atoms with E-state index in [2.05, 4.69) is 52.0 Å². The van der Waals surface area contributed by atoms with Crippen molar-refractivity contribution >= 4 is 0 Å². The first-order chi connectivity index (χ1) is 15.1. The minimum absolute atomic E-state index is 0.205. The largest absolute Gasteiger partial charge is 0.393 e. The van der Waals surface area contributed by atoms with Gasteiger partial charge in [-0.2, -0.15) is 0 Å². The number of fused-ring (bicyclic) bond motifs is 1. The zero-order valence-corrected chi connectivity index (χ0v) is 21.0. The van der Waals surface area contributed by atoms with Crippen LogP contribution in [-0.4, -0.2) is 41.9 Å². The molecule has 4 heteroatoms. The Morgan fingerprint density at radius 1 is 1.16 bits per heavy atom. The quantitative estimate of drug-likeness (QED) is 0.358. The van der Waals surface area contributed by atoms with E-state index in [0.29, 0.717) is 49.2 Å². The zero-order chi connectivity index (χ0) is 23.4. The number of rotatable bonds is 8. The van der Waals surface area contributed by atoms with Gasteiger partial charge in [-0.25, -0.2) is 0 Å². The van der Waals surface area contributed by atoms with Crippen molar-refractivity contribution in [1.29, 1.82) is 0 Å². The summed E-state index contributed by atoms with van der Waals surface area (Å²) < 4.78 is 10.8. The molecular weight excluding hydrogens is 400 g/mol. The Hall–Kier alpha value is -0.940. The van der Waals surface area contributed by atoms with Crippen LogP contribution in [0, 0.1) is 23.2 Å². The third kappa shape index (κ3) is 6.34. The van der Waals surface area contributed by atoms with E-state index in [0.717, 1.165) is 6.42 Å². The first-order valence-corrected chi connectivity index (χ1v) is 12.7. The number of hydrogen-bond acceptors (Lipinski definition) is 4. The maximum atomic E-state index is 10.00. The number of allylic oxidation sites excluding steroid dienone is 4. The lowest BCUT2D eigenvalue weighted by Crippen LogP contribution is -2.35. The summed E-state index contributed by atoms with van der Waals surface area (Å²) in [6, 6.07) is 0. The van der Waals surface area contributed by atoms with Gasteiger partial charge < -0.3 is 19.7 Å². The molecule has 3 aliphatic carbocycles. The van der Waals surface area contributed by atoms with Gasteiger partial charge in [-0.15, -0.1) is 0 Å². The van der Waals surface area contributed by atoms with Gasteiger partial charge in [0.25, 0.3) is 0 Å². The topological polar surface area (TPSA) is 58.9 Å². The number of methoxy groups -OCH3 is 1. The molecule has 3 saturated carbocycles. The van der Waals surface area contributed by atoms with Crippen molar-refractivity contribution < 1.29 is 19.7 Å². The predicted octanol–water partition coefficient (Wildman–Crippen LogP) is 5.94. The molecule has 0 aromatic rings. The molecule has 182 valence electrons. The summed E-state index contributed by atoms with van der Waals surface area (Å²) in [5.41, 5.74) is 2.94. The lowest BCUT2D eigenvalue weighted by molar-refractivity contribution is -0.112. The maximum absolute atomic E-state index is 10.00. The Morgan fingerprint density at radius 2 is 1.88 bits per heavy atom. The van der Waals surface area contributed by atoms with Gasteiger partial charge in [-0.05, 0) is 94.8 Å². The molecule has 4 nitrogen and oxygen atoms in total. The highest BCUT2D eigenvalue weighted by Gasteiger charge is 2.50. The van der Waals surface area contributed by atoms with Gasteiger partial charge in [-0.1, -0.05) is 49.3 Å². The van der Waals surface area contributed by atoms with Crippen LogP contribution in [0.3, 0.4) is 0 Å². The number of ether oxygens (including phenoxy) is 2. The second kappa shape index (κ2) is 11.0. The minimum atomic E-state index is -0.395. The molecule has 0 amide bonds. The summed E-state index contributed by atoms with van der Waals surface area (Å²) in [6.45, 7) is 9.49. The van der Waals surface area contributed by atoms with Crippen LogP contribution >= 0.6 is 0 Å². The number of aliphatic hydroxyl groups is 2. The van der Waals surface area contributed by atoms with Gasteiger partial charge in [-0.3, -0.25) is 0 Å². The standard InChI is InChI=1S/C28H46O4/c1-20(8-6-14-27(2,3)32-19-31-5)25-12-13-26-22(9-7-15-28(25,26)4)11-10-21-16-23(29)18-24(30)17-21/h6,8,10-11,20,23-26,29-30H,7,9,12-19H2,1-5H3/b8-6+,22-11+/t20-,23-,24-,25-,26+,28-/m1/s1. The van der Waals surface area contributed by atoms with Crippen molar-refractivity contribution in [1.82, 2.24) is 0 Å². The van der Waals surface area contributed by atoms with Gasteiger partial charge in [0, 0.05) is 7.11 Å². The molecule has 0 bridgehead atoms. The summed E-state index contributed by atoms with van der Waals surface area (Å²) in [5, 5.41) is 20.0. The first-order valence-electron chi connectivity index (χ1n) is 12.7. The van der Waals surface area contributed by atoms with Crippen molar-refractivity contribution in [3.05, 3.63) is 35.5 Å². The van der Waals surface area contributed by atoms with Crippen molar-refractivity contribution in [2.24, 2.45) is 23.2 Å². The fourth-order valence-electron chi connectivity index (χ4n) is 6.65. The van der Waals surface area contributed by atoms with E-state index >= 15 is 0 Å². The number of hydrogen-bond donors (Lipinski definition) is 2. The van der Waals surface area contributed by atoms with E-state index in [1.165, 1.54) is 37.7 Å². The van der Waals surface area contributed by atoms with Gasteiger partial charge in [0.2, 0.25) is 0 Å². The van der Waals surface area contributed by atoms with Crippen LogP contribution in [0.5, 0.6) is 0 Å². The summed E-state index contributed by atoms with van der Waals surface area (Å²) in [6.07, 6.45) is 17.7. The van der Waals surface area contributed by atoms with Gasteiger partial charge in [0.1, 0.15) is 6.79 Å². The Labute approximate surface area is 195 Å². The van der Waals surface area contributed by atoms with Crippen LogP contribution < -0.4 is 0 Å². The highest BCUT2D eigenvalue weighted by atomic mass is 16.7. The normalized spacial score (nSPS) is 36.0. The first kappa shape index (κ1) is 25.7. The van der Waals surface area contributed by atoms with Crippen LogP contribution in [0.1, 0.15) is 85.5 Å². The molecule has 0 unspecified atom stereocenters. The molecule has 3 fully saturated rings. The van der Waals surface area contributed by atoms with Gasteiger partial charge in [0.05, 0.1) is 17.8 Å². The van der Waals surface area contributed by atoms with Crippen molar-refractivity contribution in [2.45, 2.75) is 103 Å². The fraction of sp³-hybridized carbons (Fsp3) is 0.786. The smallest absolute Gasteiger partial charge is 0.147 e. The Balaban J connectivity index is 1.65. The monoisotopic (exact) mass is 446 g/mol. The molecular formula is C28H46O4. The Kier molecular flexibility index (Phi) is 8.82. The Bertz CT molecular complexity index is 694. The van der Waals surface area contributed by atoms with Crippen molar-refractivity contribution in [3.63, 3.8) is 0 Å². The van der Waals surface area contributed by atoms with Gasteiger partial charge >= 0.3 is 0 Å². The molecule has 0 radical (unpaired) electrons. The summed E-state index contributed by atoms with van der Waals surface area (Å²) in [5.74, 6) is 1.93. The van der Waals surface area contributed by atoms with E-state index in [-0.39, 0.29) is 5.60 Å². The highest BCUT2D eigenvalue weighted by molar-refractivity contribution is 5.26. The summed E-state index contributed by atoms with van der Waals surface area (Å²) >= 11 is 0. The number of aliphatic hydroxyl groups excluding tert-OH is 2. The zero-order valence-electron chi connectivity index (χ0n) is 21.0. The van der Waals surface area contributed by atoms with Crippen LogP contribution in [0.4, 0.5) is 0 Å².